The molecule has 0 fully saturated rings. The van der Waals surface area contributed by atoms with E-state index in [-0.39, 0.29) is 36.6 Å². The van der Waals surface area contributed by atoms with Gasteiger partial charge in [0.1, 0.15) is 17.6 Å². The number of phenols is 1. The van der Waals surface area contributed by atoms with Crippen LogP contribution in [0.3, 0.4) is 0 Å². The van der Waals surface area contributed by atoms with Gasteiger partial charge in [-0.2, -0.15) is 0 Å². The molecular formula is C18H22N2O5. The zero-order valence-corrected chi connectivity index (χ0v) is 13.6. The first-order chi connectivity index (χ1) is 11.7. The van der Waals surface area contributed by atoms with Gasteiger partial charge < -0.3 is 26.8 Å². The van der Waals surface area contributed by atoms with Crippen LogP contribution in [-0.2, 0) is 16.0 Å². The molecule has 134 valence electrons. The number of aliphatic hydroxyl groups excluding tert-OH is 1. The summed E-state index contributed by atoms with van der Waals surface area (Å²) in [4.78, 5) is 24.1. The van der Waals surface area contributed by atoms with Crippen molar-refractivity contribution in [3.05, 3.63) is 53.8 Å². The predicted octanol–water partition coefficient (Wildman–Crippen LogP) is 1.02. The second-order valence-electron chi connectivity index (χ2n) is 6.31. The zero-order valence-electron chi connectivity index (χ0n) is 13.6. The number of aliphatic carboxylic acids is 1. The molecule has 0 aromatic heterocycles. The van der Waals surface area contributed by atoms with Gasteiger partial charge in [-0.25, -0.2) is 0 Å². The largest absolute Gasteiger partial charge is 0.508 e. The lowest BCUT2D eigenvalue weighted by Gasteiger charge is -2.33. The summed E-state index contributed by atoms with van der Waals surface area (Å²) >= 11 is 0. The van der Waals surface area contributed by atoms with E-state index >= 15 is 0 Å². The highest BCUT2D eigenvalue weighted by Gasteiger charge is 2.41. The molecule has 0 heterocycles. The number of phenolic OH excluding ortho intramolecular Hbond substituents is 1. The van der Waals surface area contributed by atoms with Crippen molar-refractivity contribution in [1.82, 2.24) is 0 Å². The Balaban J connectivity index is 2.21. The number of carboxylic acid groups (broad SMARTS) is 1. The van der Waals surface area contributed by atoms with Crippen LogP contribution in [0.15, 0.2) is 48.3 Å². The lowest BCUT2D eigenvalue weighted by molar-refractivity contribution is -0.139. The number of carbonyl (C=O) groups excluding carboxylic acids is 1. The maximum absolute atomic E-state index is 13.0. The molecule has 1 aromatic rings. The van der Waals surface area contributed by atoms with Crippen LogP contribution in [0.4, 0.5) is 0 Å². The Morgan fingerprint density at radius 3 is 2.28 bits per heavy atom. The number of benzene rings is 1. The number of hydrogen-bond acceptors (Lipinski definition) is 6. The standard InChI is InChI=1S/C18H22N2O5/c19-14(9-11-1-3-12(21)4-2-11)16(23)18(10-15(20)17(24)25)7-5-13(22)6-8-18/h1-7,14-15,21-22H,8-10,19-20H2,(H,24,25)/t14-,15-,18?/m0/s1. The number of aromatic hydroxyl groups is 1. The van der Waals surface area contributed by atoms with Gasteiger partial charge in [0.25, 0.3) is 0 Å². The molecule has 2 rings (SSSR count). The first-order valence-corrected chi connectivity index (χ1v) is 7.88. The van der Waals surface area contributed by atoms with Crippen LogP contribution in [0.5, 0.6) is 5.75 Å². The fraction of sp³-hybridized carbons (Fsp3) is 0.333. The lowest BCUT2D eigenvalue weighted by Crippen LogP contribution is -2.48. The van der Waals surface area contributed by atoms with Crippen molar-refractivity contribution in [1.29, 1.82) is 0 Å². The summed E-state index contributed by atoms with van der Waals surface area (Å²) in [6.45, 7) is 0. The maximum Gasteiger partial charge on any atom is 0.320 e. The zero-order chi connectivity index (χ0) is 18.6. The average Bonchev–Trinajstić information content (AvgIpc) is 2.58. The second kappa shape index (κ2) is 7.50. The summed E-state index contributed by atoms with van der Waals surface area (Å²) in [6.07, 6.45) is 4.59. The Kier molecular flexibility index (Phi) is 5.61. The summed E-state index contributed by atoms with van der Waals surface area (Å²) in [6, 6.07) is 4.25. The SMILES string of the molecule is N[C@@H](CC1(C(=O)[C@@H](N)Cc2ccc(O)cc2)C=CC(O)=CC1)C(=O)O. The molecule has 0 amide bonds. The first-order valence-electron chi connectivity index (χ1n) is 7.88. The van der Waals surface area contributed by atoms with Gasteiger partial charge in [-0.05, 0) is 49.1 Å². The van der Waals surface area contributed by atoms with Crippen LogP contribution in [0, 0.1) is 5.41 Å². The smallest absolute Gasteiger partial charge is 0.320 e. The summed E-state index contributed by atoms with van der Waals surface area (Å²) in [5.41, 5.74) is 11.3. The number of carbonyl (C=O) groups is 2. The number of ketones is 1. The fourth-order valence-electron chi connectivity index (χ4n) is 2.93. The number of rotatable bonds is 7. The molecule has 0 radical (unpaired) electrons. The molecule has 1 unspecified atom stereocenters. The molecular weight excluding hydrogens is 324 g/mol. The predicted molar refractivity (Wildman–Crippen MR) is 91.9 cm³/mol. The summed E-state index contributed by atoms with van der Waals surface area (Å²) in [7, 11) is 0. The second-order valence-corrected chi connectivity index (χ2v) is 6.31. The molecule has 0 bridgehead atoms. The normalized spacial score (nSPS) is 22.1. The van der Waals surface area contributed by atoms with Gasteiger partial charge >= 0.3 is 5.97 Å². The van der Waals surface area contributed by atoms with E-state index in [2.05, 4.69) is 0 Å². The van der Waals surface area contributed by atoms with Crippen LogP contribution in [0.1, 0.15) is 18.4 Å². The topological polar surface area (TPSA) is 147 Å². The molecule has 25 heavy (non-hydrogen) atoms. The highest BCUT2D eigenvalue weighted by atomic mass is 16.4. The van der Waals surface area contributed by atoms with Crippen LogP contribution in [0.25, 0.3) is 0 Å². The third-order valence-corrected chi connectivity index (χ3v) is 4.37. The Bertz CT molecular complexity index is 711. The third-order valence-electron chi connectivity index (χ3n) is 4.37. The van der Waals surface area contributed by atoms with E-state index in [0.29, 0.717) is 0 Å². The molecule has 0 saturated heterocycles. The summed E-state index contributed by atoms with van der Waals surface area (Å²) < 4.78 is 0. The Morgan fingerprint density at radius 1 is 1.12 bits per heavy atom. The number of nitrogens with two attached hydrogens (primary N) is 2. The summed E-state index contributed by atoms with van der Waals surface area (Å²) in [5.74, 6) is -1.41. The monoisotopic (exact) mass is 346 g/mol. The molecule has 1 aliphatic rings. The first kappa shape index (κ1) is 18.7. The van der Waals surface area contributed by atoms with Crippen molar-refractivity contribution in [2.75, 3.05) is 0 Å². The minimum absolute atomic E-state index is 0.0134. The minimum Gasteiger partial charge on any atom is -0.508 e. The quantitative estimate of drug-likeness (QED) is 0.495. The number of allylic oxidation sites excluding steroid dienone is 3. The van der Waals surface area contributed by atoms with Crippen molar-refractivity contribution in [3.63, 3.8) is 0 Å². The van der Waals surface area contributed by atoms with Gasteiger partial charge in [-0.15, -0.1) is 0 Å². The third kappa shape index (κ3) is 4.46. The molecule has 7 N–H and O–H groups in total. The van der Waals surface area contributed by atoms with Crippen LogP contribution < -0.4 is 11.5 Å². The summed E-state index contributed by atoms with van der Waals surface area (Å²) in [5, 5.41) is 27.9. The highest BCUT2D eigenvalue weighted by molar-refractivity contribution is 5.92. The van der Waals surface area contributed by atoms with E-state index in [4.69, 9.17) is 16.6 Å². The van der Waals surface area contributed by atoms with E-state index < -0.39 is 23.5 Å². The van der Waals surface area contributed by atoms with E-state index in [1.807, 2.05) is 0 Å². The van der Waals surface area contributed by atoms with Crippen molar-refractivity contribution < 1.29 is 24.9 Å². The molecule has 0 spiro atoms. The minimum atomic E-state index is -1.22. The van der Waals surface area contributed by atoms with Gasteiger partial charge in [-0.3, -0.25) is 9.59 Å². The molecule has 1 aliphatic carbocycles. The van der Waals surface area contributed by atoms with Crippen LogP contribution in [0.2, 0.25) is 0 Å². The fourth-order valence-corrected chi connectivity index (χ4v) is 2.93. The van der Waals surface area contributed by atoms with Crippen LogP contribution in [-0.4, -0.2) is 39.2 Å². The Morgan fingerprint density at radius 2 is 1.76 bits per heavy atom. The maximum atomic E-state index is 13.0. The molecule has 0 saturated carbocycles. The number of Topliss-reactive ketones (excluding diaryl/α,β-unsaturated/α-hetero) is 1. The highest BCUT2D eigenvalue weighted by Crippen LogP contribution is 2.36. The van der Waals surface area contributed by atoms with Gasteiger partial charge in [0.15, 0.2) is 5.78 Å². The van der Waals surface area contributed by atoms with Crippen molar-refractivity contribution >= 4 is 11.8 Å². The average molecular weight is 346 g/mol. The van der Waals surface area contributed by atoms with Crippen molar-refractivity contribution in [2.24, 2.45) is 16.9 Å². The molecule has 7 heteroatoms. The lowest BCUT2D eigenvalue weighted by atomic mass is 9.70. The van der Waals surface area contributed by atoms with Gasteiger partial charge in [0, 0.05) is 0 Å². The molecule has 7 nitrogen and oxygen atoms in total. The number of aliphatic hydroxyl groups is 1. The van der Waals surface area contributed by atoms with E-state index in [1.54, 1.807) is 12.1 Å². The Labute approximate surface area is 145 Å². The van der Waals surface area contributed by atoms with E-state index in [0.717, 1.165) is 5.56 Å². The number of carboxylic acids is 1. The molecule has 0 aliphatic heterocycles. The number of hydrogen-bond donors (Lipinski definition) is 5. The molecule has 1 aromatic carbocycles. The van der Waals surface area contributed by atoms with Crippen LogP contribution >= 0.6 is 0 Å². The van der Waals surface area contributed by atoms with Crippen molar-refractivity contribution in [2.45, 2.75) is 31.3 Å². The van der Waals surface area contributed by atoms with E-state index in [1.165, 1.54) is 30.4 Å². The van der Waals surface area contributed by atoms with Gasteiger partial charge in [-0.1, -0.05) is 18.2 Å². The molecule has 3 atom stereocenters. The van der Waals surface area contributed by atoms with E-state index in [9.17, 15) is 19.8 Å². The Hall–Kier alpha value is -2.64. The van der Waals surface area contributed by atoms with Crippen molar-refractivity contribution in [3.8, 4) is 5.75 Å². The van der Waals surface area contributed by atoms with Gasteiger partial charge in [0.2, 0.25) is 0 Å². The van der Waals surface area contributed by atoms with Gasteiger partial charge in [0.05, 0.1) is 11.5 Å².